The van der Waals surface area contributed by atoms with E-state index in [0.717, 1.165) is 25.1 Å². The molecule has 1 N–H and O–H groups in total. The molecule has 13 heavy (non-hydrogen) atoms. The summed E-state index contributed by atoms with van der Waals surface area (Å²) in [5, 5.41) is 3.59. The highest BCUT2D eigenvalue weighted by Gasteiger charge is 2.33. The molecule has 1 heterocycles. The van der Waals surface area contributed by atoms with Gasteiger partial charge in [-0.15, -0.1) is 0 Å². The molecule has 0 spiro atoms. The zero-order valence-electron chi connectivity index (χ0n) is 8.59. The molecule has 0 bridgehead atoms. The first kappa shape index (κ1) is 9.47. The monoisotopic (exact) mass is 183 g/mol. The van der Waals surface area contributed by atoms with Crippen molar-refractivity contribution in [1.82, 2.24) is 5.32 Å². The lowest BCUT2D eigenvalue weighted by atomic mass is 10.0. The minimum absolute atomic E-state index is 0.560. The average molecular weight is 183 g/mol. The second-order valence-corrected chi connectivity index (χ2v) is 4.37. The fourth-order valence-corrected chi connectivity index (χ4v) is 2.32. The maximum atomic E-state index is 5.67. The summed E-state index contributed by atoms with van der Waals surface area (Å²) in [6, 6.07) is 0.744. The van der Waals surface area contributed by atoms with Crippen LogP contribution in [0.25, 0.3) is 0 Å². The van der Waals surface area contributed by atoms with Gasteiger partial charge in [0.05, 0.1) is 6.10 Å². The van der Waals surface area contributed by atoms with Gasteiger partial charge in [0, 0.05) is 12.6 Å². The Hall–Kier alpha value is -0.0800. The molecule has 0 aromatic heterocycles. The Bertz CT molecular complexity index is 150. The fraction of sp³-hybridized carbons (Fsp3) is 1.00. The summed E-state index contributed by atoms with van der Waals surface area (Å²) in [4.78, 5) is 0. The van der Waals surface area contributed by atoms with Crippen LogP contribution in [0.1, 0.15) is 39.0 Å². The van der Waals surface area contributed by atoms with Crippen molar-refractivity contribution >= 4 is 0 Å². The lowest BCUT2D eigenvalue weighted by Crippen LogP contribution is -2.34. The summed E-state index contributed by atoms with van der Waals surface area (Å²) in [5.41, 5.74) is 0. The first-order chi connectivity index (χ1) is 6.40. The normalized spacial score (nSPS) is 30.7. The Balaban J connectivity index is 1.74. The molecule has 2 atom stereocenters. The van der Waals surface area contributed by atoms with Gasteiger partial charge in [-0.2, -0.15) is 0 Å². The average Bonchev–Trinajstić information content (AvgIpc) is 2.85. The van der Waals surface area contributed by atoms with Gasteiger partial charge in [-0.05, 0) is 44.6 Å². The lowest BCUT2D eigenvalue weighted by Gasteiger charge is -2.20. The maximum absolute atomic E-state index is 5.67. The number of hydrogen-bond donors (Lipinski definition) is 1. The van der Waals surface area contributed by atoms with Crippen LogP contribution in [0, 0.1) is 5.92 Å². The molecule has 0 radical (unpaired) electrons. The molecule has 2 fully saturated rings. The Labute approximate surface area is 81.0 Å². The summed E-state index contributed by atoms with van der Waals surface area (Å²) in [7, 11) is 0. The molecule has 1 aliphatic carbocycles. The molecule has 2 unspecified atom stereocenters. The summed E-state index contributed by atoms with van der Waals surface area (Å²) in [6.45, 7) is 4.30. The van der Waals surface area contributed by atoms with Crippen LogP contribution < -0.4 is 5.32 Å². The maximum Gasteiger partial charge on any atom is 0.0590 e. The zero-order valence-corrected chi connectivity index (χ0v) is 8.59. The second-order valence-electron chi connectivity index (χ2n) is 4.37. The third kappa shape index (κ3) is 2.68. The molecule has 2 rings (SSSR count). The van der Waals surface area contributed by atoms with E-state index in [0.29, 0.717) is 6.10 Å². The highest BCUT2D eigenvalue weighted by molar-refractivity contribution is 4.88. The quantitative estimate of drug-likeness (QED) is 0.703. The van der Waals surface area contributed by atoms with Gasteiger partial charge >= 0.3 is 0 Å². The van der Waals surface area contributed by atoms with Crippen LogP contribution in [0.5, 0.6) is 0 Å². The van der Waals surface area contributed by atoms with E-state index in [2.05, 4.69) is 12.2 Å². The first-order valence-electron chi connectivity index (χ1n) is 5.75. The van der Waals surface area contributed by atoms with Crippen LogP contribution in [-0.4, -0.2) is 25.3 Å². The molecule has 1 aliphatic heterocycles. The highest BCUT2D eigenvalue weighted by Crippen LogP contribution is 2.35. The molecule has 1 saturated carbocycles. The number of rotatable bonds is 5. The van der Waals surface area contributed by atoms with E-state index in [4.69, 9.17) is 4.74 Å². The van der Waals surface area contributed by atoms with E-state index < -0.39 is 0 Å². The number of ether oxygens (including phenoxy) is 1. The standard InChI is InChI=1S/C11H21NO/c1-2-12-11(9-5-6-9)8-10-4-3-7-13-10/h9-12H,2-8H2,1H3. The van der Waals surface area contributed by atoms with Gasteiger partial charge in [-0.3, -0.25) is 0 Å². The summed E-state index contributed by atoms with van der Waals surface area (Å²) in [5.74, 6) is 0.962. The van der Waals surface area contributed by atoms with Crippen molar-refractivity contribution in [2.45, 2.75) is 51.2 Å². The van der Waals surface area contributed by atoms with Crippen LogP contribution in [-0.2, 0) is 4.74 Å². The highest BCUT2D eigenvalue weighted by atomic mass is 16.5. The van der Waals surface area contributed by atoms with Gasteiger partial charge in [0.15, 0.2) is 0 Å². The molecule has 2 aliphatic rings. The van der Waals surface area contributed by atoms with Crippen LogP contribution >= 0.6 is 0 Å². The molecule has 76 valence electrons. The summed E-state index contributed by atoms with van der Waals surface area (Å²) < 4.78 is 5.67. The Morgan fingerprint density at radius 2 is 2.23 bits per heavy atom. The van der Waals surface area contributed by atoms with Gasteiger partial charge in [0.2, 0.25) is 0 Å². The van der Waals surface area contributed by atoms with Crippen molar-refractivity contribution in [3.05, 3.63) is 0 Å². The van der Waals surface area contributed by atoms with Crippen molar-refractivity contribution in [2.75, 3.05) is 13.2 Å². The largest absolute Gasteiger partial charge is 0.378 e. The fourth-order valence-electron chi connectivity index (χ4n) is 2.32. The van der Waals surface area contributed by atoms with Crippen molar-refractivity contribution in [2.24, 2.45) is 5.92 Å². The molecule has 2 heteroatoms. The van der Waals surface area contributed by atoms with Gasteiger partial charge < -0.3 is 10.1 Å². The van der Waals surface area contributed by atoms with E-state index in [-0.39, 0.29) is 0 Å². The molecule has 1 saturated heterocycles. The third-order valence-corrected chi connectivity index (χ3v) is 3.20. The van der Waals surface area contributed by atoms with Gasteiger partial charge in [0.25, 0.3) is 0 Å². The SMILES string of the molecule is CCNC(CC1CCCO1)C1CC1. The second kappa shape index (κ2) is 4.43. The Morgan fingerprint density at radius 3 is 2.77 bits per heavy atom. The molecular weight excluding hydrogens is 162 g/mol. The number of hydrogen-bond acceptors (Lipinski definition) is 2. The van der Waals surface area contributed by atoms with E-state index in [1.54, 1.807) is 0 Å². The van der Waals surface area contributed by atoms with Crippen LogP contribution in [0.15, 0.2) is 0 Å². The van der Waals surface area contributed by atoms with Gasteiger partial charge in [0.1, 0.15) is 0 Å². The Kier molecular flexibility index (Phi) is 3.23. The first-order valence-corrected chi connectivity index (χ1v) is 5.75. The Morgan fingerprint density at radius 1 is 1.38 bits per heavy atom. The third-order valence-electron chi connectivity index (χ3n) is 3.20. The predicted molar refractivity (Wildman–Crippen MR) is 53.8 cm³/mol. The van der Waals surface area contributed by atoms with Crippen LogP contribution in [0.4, 0.5) is 0 Å². The predicted octanol–water partition coefficient (Wildman–Crippen LogP) is 1.94. The zero-order chi connectivity index (χ0) is 9.10. The smallest absolute Gasteiger partial charge is 0.0590 e. The van der Waals surface area contributed by atoms with Crippen molar-refractivity contribution < 1.29 is 4.74 Å². The molecule has 0 amide bonds. The van der Waals surface area contributed by atoms with E-state index >= 15 is 0 Å². The minimum atomic E-state index is 0.560. The molecular formula is C11H21NO. The van der Waals surface area contributed by atoms with Gasteiger partial charge in [-0.25, -0.2) is 0 Å². The summed E-state index contributed by atoms with van der Waals surface area (Å²) in [6.07, 6.45) is 7.24. The topological polar surface area (TPSA) is 21.3 Å². The molecule has 2 nitrogen and oxygen atoms in total. The lowest BCUT2D eigenvalue weighted by molar-refractivity contribution is 0.0923. The molecule has 0 aromatic carbocycles. The van der Waals surface area contributed by atoms with Crippen molar-refractivity contribution in [3.8, 4) is 0 Å². The van der Waals surface area contributed by atoms with Crippen LogP contribution in [0.3, 0.4) is 0 Å². The van der Waals surface area contributed by atoms with Crippen molar-refractivity contribution in [1.29, 1.82) is 0 Å². The van der Waals surface area contributed by atoms with E-state index in [1.807, 2.05) is 0 Å². The summed E-state index contributed by atoms with van der Waals surface area (Å²) >= 11 is 0. The van der Waals surface area contributed by atoms with Crippen LogP contribution in [0.2, 0.25) is 0 Å². The number of nitrogens with one attached hydrogen (secondary N) is 1. The van der Waals surface area contributed by atoms with E-state index in [9.17, 15) is 0 Å². The molecule has 0 aromatic rings. The van der Waals surface area contributed by atoms with Crippen molar-refractivity contribution in [3.63, 3.8) is 0 Å². The van der Waals surface area contributed by atoms with E-state index in [1.165, 1.54) is 32.1 Å². The van der Waals surface area contributed by atoms with Gasteiger partial charge in [-0.1, -0.05) is 6.92 Å². The minimum Gasteiger partial charge on any atom is -0.378 e.